The van der Waals surface area contributed by atoms with Gasteiger partial charge in [0.05, 0.1) is 4.90 Å². The first kappa shape index (κ1) is 29.2. The fourth-order valence-electron chi connectivity index (χ4n) is 3.28. The van der Waals surface area contributed by atoms with Gasteiger partial charge in [-0.1, -0.05) is 25.4 Å². The number of nitrogens with zero attached hydrogens (tertiary/aromatic N) is 2. The summed E-state index contributed by atoms with van der Waals surface area (Å²) in [4.78, 5) is 26.2. The fourth-order valence-corrected chi connectivity index (χ4v) is 5.05. The van der Waals surface area contributed by atoms with Crippen LogP contribution in [0.5, 0.6) is 0 Å². The average Bonchev–Trinajstić information content (AvgIpc) is 2.67. The summed E-state index contributed by atoms with van der Waals surface area (Å²) < 4.78 is 33.4. The Morgan fingerprint density at radius 3 is 2.09 bits per heavy atom. The topological polar surface area (TPSA) is 110 Å². The molecule has 2 N–H and O–H groups in total. The molecule has 0 fully saturated rings. The van der Waals surface area contributed by atoms with Crippen LogP contribution >= 0.6 is 11.6 Å². The van der Waals surface area contributed by atoms with Crippen LogP contribution in [-0.4, -0.2) is 60.9 Å². The second kappa shape index (κ2) is 12.6. The van der Waals surface area contributed by atoms with Crippen molar-refractivity contribution in [2.24, 2.45) is 11.7 Å². The van der Waals surface area contributed by atoms with E-state index < -0.39 is 33.7 Å². The molecule has 33 heavy (non-hydrogen) atoms. The zero-order valence-corrected chi connectivity index (χ0v) is 22.1. The molecule has 0 unspecified atom stereocenters. The highest BCUT2D eigenvalue weighted by Gasteiger charge is 2.35. The Labute approximate surface area is 203 Å². The number of ether oxygens (including phenoxy) is 1. The van der Waals surface area contributed by atoms with Crippen molar-refractivity contribution < 1.29 is 22.7 Å². The van der Waals surface area contributed by atoms with Gasteiger partial charge in [-0.2, -0.15) is 4.31 Å². The van der Waals surface area contributed by atoms with E-state index in [9.17, 15) is 18.0 Å². The highest BCUT2D eigenvalue weighted by Crippen LogP contribution is 2.24. The van der Waals surface area contributed by atoms with Gasteiger partial charge in [-0.25, -0.2) is 13.2 Å². The van der Waals surface area contributed by atoms with Crippen molar-refractivity contribution in [3.8, 4) is 0 Å². The van der Waals surface area contributed by atoms with E-state index >= 15 is 0 Å². The van der Waals surface area contributed by atoms with E-state index in [1.165, 1.54) is 28.6 Å². The summed E-state index contributed by atoms with van der Waals surface area (Å²) in [6.45, 7) is 12.0. The van der Waals surface area contributed by atoms with Gasteiger partial charge in [0.15, 0.2) is 0 Å². The van der Waals surface area contributed by atoms with Gasteiger partial charge >= 0.3 is 6.09 Å². The summed E-state index contributed by atoms with van der Waals surface area (Å²) in [7, 11) is -3.99. The molecular weight excluding hydrogens is 466 g/mol. The number of unbranched alkanes of at least 4 members (excludes halogenated alkanes) is 1. The molecule has 0 aromatic heterocycles. The Hall–Kier alpha value is -1.84. The van der Waals surface area contributed by atoms with Gasteiger partial charge in [-0.3, -0.25) is 4.79 Å². The second-order valence-electron chi connectivity index (χ2n) is 9.38. The molecule has 0 radical (unpaired) electrons. The van der Waals surface area contributed by atoms with E-state index in [0.717, 1.165) is 0 Å². The third-order valence-corrected chi connectivity index (χ3v) is 7.06. The molecule has 188 valence electrons. The first-order chi connectivity index (χ1) is 15.2. The molecule has 1 aromatic carbocycles. The lowest BCUT2D eigenvalue weighted by atomic mass is 10.0. The largest absolute Gasteiger partial charge is 0.444 e. The van der Waals surface area contributed by atoms with Crippen molar-refractivity contribution in [3.05, 3.63) is 29.3 Å². The zero-order chi connectivity index (χ0) is 25.4. The SMILES string of the molecule is CCN(CCCCN([C@H](CC(C)C)C(N)=O)S(=O)(=O)c1ccc(Cl)cc1)C(=O)OC(C)(C)C. The quantitative estimate of drug-likeness (QED) is 0.428. The predicted octanol–water partition coefficient (Wildman–Crippen LogP) is 4.27. The second-order valence-corrected chi connectivity index (χ2v) is 11.7. The molecule has 1 rings (SSSR count). The van der Waals surface area contributed by atoms with Crippen LogP contribution in [0.3, 0.4) is 0 Å². The smallest absolute Gasteiger partial charge is 0.410 e. The molecule has 1 atom stereocenters. The van der Waals surface area contributed by atoms with E-state index in [-0.39, 0.29) is 17.4 Å². The Bertz CT molecular complexity index is 882. The summed E-state index contributed by atoms with van der Waals surface area (Å²) in [5.41, 5.74) is 5.02. The normalized spacial score (nSPS) is 13.2. The highest BCUT2D eigenvalue weighted by atomic mass is 35.5. The zero-order valence-electron chi connectivity index (χ0n) is 20.5. The Balaban J connectivity index is 3.02. The maximum Gasteiger partial charge on any atom is 0.410 e. The molecule has 10 heteroatoms. The van der Waals surface area contributed by atoms with Crippen LogP contribution in [0.1, 0.15) is 60.8 Å². The third-order valence-electron chi connectivity index (χ3n) is 4.88. The molecule has 0 aliphatic rings. The Kier molecular flexibility index (Phi) is 11.1. The van der Waals surface area contributed by atoms with Crippen LogP contribution < -0.4 is 5.73 Å². The molecule has 0 heterocycles. The van der Waals surface area contributed by atoms with Gasteiger partial charge in [0, 0.05) is 24.7 Å². The molecular formula is C23H38ClN3O5S. The van der Waals surface area contributed by atoms with E-state index in [4.69, 9.17) is 22.1 Å². The lowest BCUT2D eigenvalue weighted by molar-refractivity contribution is -0.122. The fraction of sp³-hybridized carbons (Fsp3) is 0.652. The van der Waals surface area contributed by atoms with Crippen LogP contribution in [-0.2, 0) is 19.6 Å². The molecule has 2 amide bonds. The first-order valence-electron chi connectivity index (χ1n) is 11.2. The number of halogens is 1. The van der Waals surface area contributed by atoms with Crippen molar-refractivity contribution in [1.82, 2.24) is 9.21 Å². The van der Waals surface area contributed by atoms with Gasteiger partial charge in [0.25, 0.3) is 0 Å². The monoisotopic (exact) mass is 503 g/mol. The van der Waals surface area contributed by atoms with Gasteiger partial charge in [-0.05, 0) is 77.1 Å². The minimum Gasteiger partial charge on any atom is -0.444 e. The standard InChI is InChI=1S/C23H38ClN3O5S/c1-7-26(22(29)32-23(4,5)6)14-8-9-15-27(20(21(25)28)16-17(2)3)33(30,31)19-12-10-18(24)11-13-19/h10-13,17,20H,7-9,14-16H2,1-6H3,(H2,25,28)/t20-/m1/s1. The van der Waals surface area contributed by atoms with Crippen molar-refractivity contribution in [3.63, 3.8) is 0 Å². The van der Waals surface area contributed by atoms with E-state index in [2.05, 4.69) is 0 Å². The number of carbonyl (C=O) groups is 2. The maximum atomic E-state index is 13.4. The Morgan fingerprint density at radius 1 is 1.09 bits per heavy atom. The van der Waals surface area contributed by atoms with Crippen molar-refractivity contribution in [1.29, 1.82) is 0 Å². The van der Waals surface area contributed by atoms with Crippen LogP contribution in [0.4, 0.5) is 4.79 Å². The lowest BCUT2D eigenvalue weighted by Gasteiger charge is -2.30. The number of benzene rings is 1. The predicted molar refractivity (Wildman–Crippen MR) is 130 cm³/mol. The molecule has 0 aliphatic heterocycles. The van der Waals surface area contributed by atoms with E-state index in [1.54, 1.807) is 25.7 Å². The van der Waals surface area contributed by atoms with Gasteiger partial charge in [0.1, 0.15) is 11.6 Å². The number of primary amides is 1. The molecule has 0 saturated carbocycles. The van der Waals surface area contributed by atoms with E-state index in [0.29, 0.717) is 37.4 Å². The third kappa shape index (κ3) is 9.51. The number of nitrogens with two attached hydrogens (primary N) is 1. The summed E-state index contributed by atoms with van der Waals surface area (Å²) in [5, 5.41) is 0.413. The highest BCUT2D eigenvalue weighted by molar-refractivity contribution is 7.89. The average molecular weight is 504 g/mol. The van der Waals surface area contributed by atoms with Crippen molar-refractivity contribution in [2.45, 2.75) is 77.3 Å². The number of amides is 2. The summed E-state index contributed by atoms with van der Waals surface area (Å²) in [6.07, 6.45) is 0.868. The molecule has 0 aliphatic carbocycles. The minimum atomic E-state index is -3.99. The van der Waals surface area contributed by atoms with Crippen molar-refractivity contribution in [2.75, 3.05) is 19.6 Å². The van der Waals surface area contributed by atoms with Gasteiger partial charge < -0.3 is 15.4 Å². The summed E-state index contributed by atoms with van der Waals surface area (Å²) >= 11 is 5.91. The van der Waals surface area contributed by atoms with Crippen LogP contribution in [0, 0.1) is 5.92 Å². The van der Waals surface area contributed by atoms with Gasteiger partial charge in [0.2, 0.25) is 15.9 Å². The number of sulfonamides is 1. The van der Waals surface area contributed by atoms with Crippen molar-refractivity contribution >= 4 is 33.6 Å². The molecule has 0 bridgehead atoms. The number of hydrogen-bond donors (Lipinski definition) is 1. The van der Waals surface area contributed by atoms with Crippen LogP contribution in [0.25, 0.3) is 0 Å². The first-order valence-corrected chi connectivity index (χ1v) is 13.1. The van der Waals surface area contributed by atoms with Crippen LogP contribution in [0.15, 0.2) is 29.2 Å². The Morgan fingerprint density at radius 2 is 1.64 bits per heavy atom. The minimum absolute atomic E-state index is 0.0471. The summed E-state index contributed by atoms with van der Waals surface area (Å²) in [6, 6.07) is 4.85. The van der Waals surface area contributed by atoms with Gasteiger partial charge in [-0.15, -0.1) is 0 Å². The lowest BCUT2D eigenvalue weighted by Crippen LogP contribution is -2.49. The molecule has 0 saturated heterocycles. The molecule has 1 aromatic rings. The summed E-state index contributed by atoms with van der Waals surface area (Å²) in [5.74, 6) is -0.627. The maximum absolute atomic E-state index is 13.4. The number of rotatable bonds is 12. The molecule has 0 spiro atoms. The van der Waals surface area contributed by atoms with E-state index in [1.807, 2.05) is 20.8 Å². The number of hydrogen-bond acceptors (Lipinski definition) is 5. The van der Waals surface area contributed by atoms with Crippen LogP contribution in [0.2, 0.25) is 5.02 Å². The molecule has 8 nitrogen and oxygen atoms in total. The number of carbonyl (C=O) groups excluding carboxylic acids is 2.